The second-order valence-corrected chi connectivity index (χ2v) is 2.23. The van der Waals surface area contributed by atoms with Gasteiger partial charge in [0.05, 0.1) is 0 Å². The van der Waals surface area contributed by atoms with Gasteiger partial charge in [-0.25, -0.2) is 0 Å². The maximum atomic E-state index is 9.81. The molecule has 0 aliphatic heterocycles. The number of phenols is 2. The van der Waals surface area contributed by atoms with Crippen LogP contribution in [-0.2, 0) is 4.79 Å². The van der Waals surface area contributed by atoms with E-state index < -0.39 is 0 Å². The lowest BCUT2D eigenvalue weighted by molar-refractivity contribution is 0.450. The summed E-state index contributed by atoms with van der Waals surface area (Å²) in [6, 6.07) is 4.06. The molecule has 1 aromatic rings. The molecule has 0 aliphatic carbocycles. The van der Waals surface area contributed by atoms with Crippen molar-refractivity contribution >= 4 is 12.4 Å². The Bertz CT molecular complexity index is 295. The van der Waals surface area contributed by atoms with Gasteiger partial charge in [-0.2, -0.15) is 0 Å². The van der Waals surface area contributed by atoms with Crippen LogP contribution in [0, 0.1) is 0 Å². The molecule has 3 nitrogen and oxygen atoms in total. The van der Waals surface area contributed by atoms with E-state index in [1.807, 2.05) is 0 Å². The highest BCUT2D eigenvalue weighted by Crippen LogP contribution is 2.20. The number of hydrogen-bond donors (Lipinski definition) is 2. The highest BCUT2D eigenvalue weighted by molar-refractivity contribution is 5.74. The summed E-state index contributed by atoms with van der Waals surface area (Å²) < 4.78 is 0. The highest BCUT2D eigenvalue weighted by Gasteiger charge is 1.94. The van der Waals surface area contributed by atoms with E-state index in [1.165, 1.54) is 24.3 Å². The van der Waals surface area contributed by atoms with Gasteiger partial charge in [0.25, 0.3) is 0 Å². The summed E-state index contributed by atoms with van der Waals surface area (Å²) in [5.41, 5.74) is 0.552. The third-order valence-electron chi connectivity index (χ3n) is 1.27. The zero-order valence-electron chi connectivity index (χ0n) is 6.19. The Morgan fingerprint density at radius 2 is 1.75 bits per heavy atom. The molecule has 0 atom stereocenters. The second-order valence-electron chi connectivity index (χ2n) is 2.23. The maximum Gasteiger partial charge on any atom is 0.225 e. The highest BCUT2D eigenvalue weighted by atomic mass is 16.3. The van der Waals surface area contributed by atoms with E-state index in [9.17, 15) is 4.79 Å². The van der Waals surface area contributed by atoms with Crippen molar-refractivity contribution in [1.29, 1.82) is 0 Å². The van der Waals surface area contributed by atoms with Crippen LogP contribution in [-0.4, -0.2) is 16.5 Å². The largest absolute Gasteiger partial charge is 0.508 e. The molecule has 0 bridgehead atoms. The minimum absolute atomic E-state index is 0.0412. The van der Waals surface area contributed by atoms with Crippen LogP contribution >= 0.6 is 0 Å². The Morgan fingerprint density at radius 1 is 1.17 bits per heavy atom. The summed E-state index contributed by atoms with van der Waals surface area (Å²) in [6.07, 6.45) is 4.16. The fourth-order valence-electron chi connectivity index (χ4n) is 0.845. The monoisotopic (exact) mass is 163 g/mol. The summed E-state index contributed by atoms with van der Waals surface area (Å²) in [6.45, 7) is 0. The van der Waals surface area contributed by atoms with Crippen molar-refractivity contribution in [1.82, 2.24) is 0 Å². The van der Waals surface area contributed by atoms with Crippen LogP contribution in [0.5, 0.6) is 11.5 Å². The lowest BCUT2D eigenvalue weighted by atomic mass is 10.2. The van der Waals surface area contributed by atoms with Crippen molar-refractivity contribution in [2.24, 2.45) is 0 Å². The van der Waals surface area contributed by atoms with Gasteiger partial charge in [-0.15, -0.1) is 0 Å². The lowest BCUT2D eigenvalue weighted by Crippen LogP contribution is -1.73. The average Bonchev–Trinajstić information content (AvgIpc) is 1.99. The van der Waals surface area contributed by atoms with E-state index >= 15 is 0 Å². The van der Waals surface area contributed by atoms with E-state index in [-0.39, 0.29) is 11.5 Å². The third-order valence-corrected chi connectivity index (χ3v) is 1.27. The van der Waals surface area contributed by atoms with Crippen molar-refractivity contribution in [2.75, 3.05) is 0 Å². The first-order chi connectivity index (χ1) is 5.72. The van der Waals surface area contributed by atoms with Gasteiger partial charge < -0.3 is 10.2 Å². The first-order valence-corrected chi connectivity index (χ1v) is 3.29. The van der Waals surface area contributed by atoms with E-state index in [0.717, 1.165) is 6.08 Å². The molecule has 0 aromatic heterocycles. The fraction of sp³-hybridized carbons (Fsp3) is 0. The number of carbonyl (C=O) groups excluding carboxylic acids is 1. The van der Waals surface area contributed by atoms with Gasteiger partial charge in [0.2, 0.25) is 6.29 Å². The van der Waals surface area contributed by atoms with Crippen molar-refractivity contribution in [2.45, 2.75) is 0 Å². The molecule has 1 radical (unpaired) electrons. The number of aromatic hydroxyl groups is 2. The van der Waals surface area contributed by atoms with Crippen molar-refractivity contribution in [3.05, 3.63) is 29.8 Å². The summed E-state index contributed by atoms with van der Waals surface area (Å²) in [5, 5.41) is 18.0. The van der Waals surface area contributed by atoms with Gasteiger partial charge in [0.1, 0.15) is 11.5 Å². The molecule has 0 fully saturated rings. The van der Waals surface area contributed by atoms with Crippen molar-refractivity contribution in [3.8, 4) is 11.5 Å². The molecule has 61 valence electrons. The Labute approximate surface area is 69.6 Å². The molecule has 0 saturated heterocycles. The third kappa shape index (κ3) is 2.12. The Kier molecular flexibility index (Phi) is 2.48. The first kappa shape index (κ1) is 8.33. The Balaban J connectivity index is 3.00. The summed E-state index contributed by atoms with van der Waals surface area (Å²) in [4.78, 5) is 9.81. The number of phenolic OH excluding ortho intramolecular Hbond substituents is 2. The zero-order valence-corrected chi connectivity index (χ0v) is 6.19. The topological polar surface area (TPSA) is 57.5 Å². The molecule has 0 heterocycles. The molecular formula is C9H7O3. The van der Waals surface area contributed by atoms with Crippen LogP contribution in [0.4, 0.5) is 0 Å². The standard InChI is InChI=1S/C9H7O3/c10-3-1-2-7-4-8(11)6-9(12)5-7/h1-2,4-6,11-12H. The second kappa shape index (κ2) is 3.57. The normalized spacial score (nSPS) is 10.3. The van der Waals surface area contributed by atoms with E-state index in [2.05, 4.69) is 0 Å². The predicted molar refractivity (Wildman–Crippen MR) is 44.5 cm³/mol. The number of hydrogen-bond acceptors (Lipinski definition) is 3. The Morgan fingerprint density at radius 3 is 2.25 bits per heavy atom. The SMILES string of the molecule is O=[C]C=Cc1cc(O)cc(O)c1. The molecule has 1 rings (SSSR count). The summed E-state index contributed by atoms with van der Waals surface area (Å²) >= 11 is 0. The predicted octanol–water partition coefficient (Wildman–Crippen LogP) is 1.22. The minimum atomic E-state index is -0.0412. The van der Waals surface area contributed by atoms with Crippen LogP contribution in [0.25, 0.3) is 6.08 Å². The number of allylic oxidation sites excluding steroid dienone is 1. The molecule has 1 aromatic carbocycles. The van der Waals surface area contributed by atoms with Crippen LogP contribution in [0.15, 0.2) is 24.3 Å². The van der Waals surface area contributed by atoms with Crippen LogP contribution < -0.4 is 0 Å². The molecule has 0 aliphatic rings. The minimum Gasteiger partial charge on any atom is -0.508 e. The smallest absolute Gasteiger partial charge is 0.225 e. The van der Waals surface area contributed by atoms with Gasteiger partial charge in [-0.1, -0.05) is 6.08 Å². The quantitative estimate of drug-likeness (QED) is 0.644. The molecular weight excluding hydrogens is 156 g/mol. The molecule has 0 saturated carbocycles. The summed E-state index contributed by atoms with van der Waals surface area (Å²) in [5.74, 6) is -0.0823. The first-order valence-electron chi connectivity index (χ1n) is 3.29. The van der Waals surface area contributed by atoms with Crippen LogP contribution in [0.3, 0.4) is 0 Å². The van der Waals surface area contributed by atoms with E-state index in [1.54, 1.807) is 6.29 Å². The van der Waals surface area contributed by atoms with Gasteiger partial charge >= 0.3 is 0 Å². The van der Waals surface area contributed by atoms with Gasteiger partial charge in [-0.3, -0.25) is 4.79 Å². The van der Waals surface area contributed by atoms with Crippen molar-refractivity contribution < 1.29 is 15.0 Å². The average molecular weight is 163 g/mol. The van der Waals surface area contributed by atoms with Gasteiger partial charge in [-0.05, 0) is 23.8 Å². The van der Waals surface area contributed by atoms with E-state index in [4.69, 9.17) is 10.2 Å². The van der Waals surface area contributed by atoms with Crippen LogP contribution in [0.2, 0.25) is 0 Å². The van der Waals surface area contributed by atoms with Gasteiger partial charge in [0.15, 0.2) is 0 Å². The molecule has 2 N–H and O–H groups in total. The molecule has 0 unspecified atom stereocenters. The van der Waals surface area contributed by atoms with Crippen molar-refractivity contribution in [3.63, 3.8) is 0 Å². The maximum absolute atomic E-state index is 9.81. The molecule has 12 heavy (non-hydrogen) atoms. The van der Waals surface area contributed by atoms with Gasteiger partial charge in [0, 0.05) is 6.07 Å². The molecule has 3 heteroatoms. The Hall–Kier alpha value is -1.77. The van der Waals surface area contributed by atoms with Crippen LogP contribution in [0.1, 0.15) is 5.56 Å². The van der Waals surface area contributed by atoms with E-state index in [0.29, 0.717) is 5.56 Å². The number of rotatable bonds is 2. The lowest BCUT2D eigenvalue weighted by Gasteiger charge is -1.96. The number of benzene rings is 1. The zero-order chi connectivity index (χ0) is 8.97. The summed E-state index contributed by atoms with van der Waals surface area (Å²) in [7, 11) is 0. The molecule has 0 amide bonds. The fourth-order valence-corrected chi connectivity index (χ4v) is 0.845. The molecule has 0 spiro atoms.